The number of hydrogen-bond donors (Lipinski definition) is 0. The van der Waals surface area contributed by atoms with E-state index in [9.17, 15) is 13.2 Å². The lowest BCUT2D eigenvalue weighted by molar-refractivity contribution is -0.275. The fourth-order valence-electron chi connectivity index (χ4n) is 0.737. The van der Waals surface area contributed by atoms with Gasteiger partial charge in [0.05, 0.1) is 4.47 Å². The fraction of sp³-hybridized carbons (Fsp3) is 0.143. The first kappa shape index (κ1) is 12.5. The molecule has 0 aliphatic rings. The number of alkyl halides is 3. The quantitative estimate of drug-likeness (QED) is 0.689. The van der Waals surface area contributed by atoms with Crippen LogP contribution in [0, 0.1) is 14.9 Å². The highest BCUT2D eigenvalue weighted by molar-refractivity contribution is 14.1. The standard InChI is InChI=1S/C7HBrF3IN2O/c8-5-3(12)2-14-4(1-13)6(5)15-7(9,10)11/h2H. The van der Waals surface area contributed by atoms with E-state index >= 15 is 0 Å². The van der Waals surface area contributed by atoms with E-state index < -0.39 is 17.8 Å². The summed E-state index contributed by atoms with van der Waals surface area (Å²) in [4.78, 5) is 3.52. The van der Waals surface area contributed by atoms with Crippen molar-refractivity contribution in [2.75, 3.05) is 0 Å². The molecule has 0 unspecified atom stereocenters. The van der Waals surface area contributed by atoms with E-state index in [4.69, 9.17) is 5.26 Å². The molecule has 0 spiro atoms. The summed E-state index contributed by atoms with van der Waals surface area (Å²) < 4.78 is 40.1. The minimum absolute atomic E-state index is 0.0620. The number of pyridine rings is 1. The van der Waals surface area contributed by atoms with Crippen LogP contribution >= 0.6 is 38.5 Å². The van der Waals surface area contributed by atoms with E-state index in [-0.39, 0.29) is 4.47 Å². The molecule has 0 amide bonds. The van der Waals surface area contributed by atoms with Gasteiger partial charge in [0.25, 0.3) is 0 Å². The highest BCUT2D eigenvalue weighted by Gasteiger charge is 2.34. The summed E-state index contributed by atoms with van der Waals surface area (Å²) in [5.41, 5.74) is -0.417. The van der Waals surface area contributed by atoms with E-state index in [1.54, 1.807) is 22.6 Å². The first-order valence-electron chi connectivity index (χ1n) is 3.35. The van der Waals surface area contributed by atoms with Crippen molar-refractivity contribution in [2.24, 2.45) is 0 Å². The summed E-state index contributed by atoms with van der Waals surface area (Å²) in [6.07, 6.45) is -3.58. The Hall–Kier alpha value is -0.560. The molecular weight excluding hydrogens is 392 g/mol. The number of halogens is 5. The van der Waals surface area contributed by atoms with Gasteiger partial charge in [0.1, 0.15) is 6.07 Å². The molecule has 80 valence electrons. The Bertz CT molecular complexity index is 429. The molecule has 0 N–H and O–H groups in total. The normalized spacial score (nSPS) is 10.9. The lowest BCUT2D eigenvalue weighted by atomic mass is 10.3. The summed E-state index contributed by atoms with van der Waals surface area (Å²) in [5, 5.41) is 8.55. The molecule has 8 heteroatoms. The third-order valence-electron chi connectivity index (χ3n) is 1.25. The van der Waals surface area contributed by atoms with Crippen molar-refractivity contribution in [1.29, 1.82) is 5.26 Å². The molecule has 0 aliphatic carbocycles. The van der Waals surface area contributed by atoms with Crippen LogP contribution in [-0.2, 0) is 0 Å². The summed E-state index contributed by atoms with van der Waals surface area (Å²) in [7, 11) is 0. The Balaban J connectivity index is 3.26. The molecule has 0 fully saturated rings. The van der Waals surface area contributed by atoms with Crippen molar-refractivity contribution in [1.82, 2.24) is 4.98 Å². The number of nitrogens with zero attached hydrogens (tertiary/aromatic N) is 2. The molecule has 1 aromatic rings. The third kappa shape index (κ3) is 3.20. The molecule has 0 atom stereocenters. The van der Waals surface area contributed by atoms with Crippen LogP contribution in [0.2, 0.25) is 0 Å². The van der Waals surface area contributed by atoms with Crippen LogP contribution in [0.5, 0.6) is 5.75 Å². The SMILES string of the molecule is N#Cc1ncc(I)c(Br)c1OC(F)(F)F. The molecule has 0 radical (unpaired) electrons. The predicted octanol–water partition coefficient (Wildman–Crippen LogP) is 3.22. The lowest BCUT2D eigenvalue weighted by Gasteiger charge is -2.11. The number of aromatic nitrogens is 1. The van der Waals surface area contributed by atoms with E-state index in [0.717, 1.165) is 0 Å². The molecule has 0 bridgehead atoms. The van der Waals surface area contributed by atoms with Crippen LogP contribution in [-0.4, -0.2) is 11.3 Å². The Morgan fingerprint density at radius 3 is 2.60 bits per heavy atom. The Morgan fingerprint density at radius 2 is 2.13 bits per heavy atom. The second-order valence-electron chi connectivity index (χ2n) is 2.26. The summed E-state index contributed by atoms with van der Waals surface area (Å²) >= 11 is 4.67. The topological polar surface area (TPSA) is 45.9 Å². The molecule has 0 saturated carbocycles. The third-order valence-corrected chi connectivity index (χ3v) is 3.60. The van der Waals surface area contributed by atoms with E-state index in [1.807, 2.05) is 0 Å². The van der Waals surface area contributed by atoms with Crippen molar-refractivity contribution in [3.8, 4) is 11.8 Å². The van der Waals surface area contributed by atoms with Gasteiger partial charge in [-0.25, -0.2) is 4.98 Å². The zero-order valence-electron chi connectivity index (χ0n) is 6.77. The Kier molecular flexibility index (Phi) is 3.77. The predicted molar refractivity (Wildman–Crippen MR) is 56.1 cm³/mol. The van der Waals surface area contributed by atoms with Crippen molar-refractivity contribution in [2.45, 2.75) is 6.36 Å². The van der Waals surface area contributed by atoms with Crippen LogP contribution < -0.4 is 4.74 Å². The smallest absolute Gasteiger partial charge is 0.401 e. The van der Waals surface area contributed by atoms with Gasteiger partial charge in [0.15, 0.2) is 11.4 Å². The van der Waals surface area contributed by atoms with Crippen LogP contribution in [0.1, 0.15) is 5.69 Å². The van der Waals surface area contributed by atoms with Gasteiger partial charge in [-0.3, -0.25) is 0 Å². The maximum atomic E-state index is 12.0. The van der Waals surface area contributed by atoms with Gasteiger partial charge < -0.3 is 4.74 Å². The second-order valence-corrected chi connectivity index (χ2v) is 4.21. The summed E-state index contributed by atoms with van der Waals surface area (Å²) in [5.74, 6) is -0.614. The molecule has 3 nitrogen and oxygen atoms in total. The number of rotatable bonds is 1. The number of ether oxygens (including phenoxy) is 1. The molecule has 0 saturated heterocycles. The van der Waals surface area contributed by atoms with E-state index in [0.29, 0.717) is 3.57 Å². The lowest BCUT2D eigenvalue weighted by Crippen LogP contribution is -2.18. The van der Waals surface area contributed by atoms with Crippen molar-refractivity contribution in [3.05, 3.63) is 19.9 Å². The van der Waals surface area contributed by atoms with Crippen molar-refractivity contribution >= 4 is 38.5 Å². The Morgan fingerprint density at radius 1 is 1.53 bits per heavy atom. The second kappa shape index (κ2) is 4.52. The molecule has 0 aromatic carbocycles. The maximum Gasteiger partial charge on any atom is 0.573 e. The van der Waals surface area contributed by atoms with Gasteiger partial charge in [-0.2, -0.15) is 5.26 Å². The van der Waals surface area contributed by atoms with E-state index in [1.165, 1.54) is 12.3 Å². The zero-order valence-corrected chi connectivity index (χ0v) is 10.5. The monoisotopic (exact) mass is 392 g/mol. The number of hydrogen-bond acceptors (Lipinski definition) is 3. The number of nitriles is 1. The van der Waals surface area contributed by atoms with Crippen LogP contribution in [0.3, 0.4) is 0 Å². The average Bonchev–Trinajstić information content (AvgIpc) is 2.11. The van der Waals surface area contributed by atoms with Gasteiger partial charge in [-0.15, -0.1) is 13.2 Å². The first-order chi connectivity index (χ1) is 6.85. The largest absolute Gasteiger partial charge is 0.573 e. The molecule has 1 rings (SSSR count). The summed E-state index contributed by atoms with van der Waals surface area (Å²) in [6, 6.07) is 1.52. The van der Waals surface area contributed by atoms with Crippen LogP contribution in [0.25, 0.3) is 0 Å². The van der Waals surface area contributed by atoms with E-state index in [2.05, 4.69) is 25.7 Å². The Labute approximate surface area is 105 Å². The van der Waals surface area contributed by atoms with Crippen LogP contribution in [0.4, 0.5) is 13.2 Å². The first-order valence-corrected chi connectivity index (χ1v) is 5.22. The molecule has 1 aromatic heterocycles. The summed E-state index contributed by atoms with van der Waals surface area (Å²) in [6.45, 7) is 0. The molecule has 15 heavy (non-hydrogen) atoms. The van der Waals surface area contributed by atoms with Gasteiger partial charge in [0, 0.05) is 9.77 Å². The molecular formula is C7HBrF3IN2O. The highest BCUT2D eigenvalue weighted by Crippen LogP contribution is 2.35. The highest BCUT2D eigenvalue weighted by atomic mass is 127. The zero-order chi connectivity index (χ0) is 11.6. The van der Waals surface area contributed by atoms with Crippen LogP contribution in [0.15, 0.2) is 10.7 Å². The fourth-order valence-corrected chi connectivity index (χ4v) is 1.49. The minimum Gasteiger partial charge on any atom is -0.401 e. The molecule has 0 aliphatic heterocycles. The average molecular weight is 393 g/mol. The van der Waals surface area contributed by atoms with Gasteiger partial charge in [-0.05, 0) is 38.5 Å². The maximum absolute atomic E-state index is 12.0. The van der Waals surface area contributed by atoms with Crippen molar-refractivity contribution in [3.63, 3.8) is 0 Å². The van der Waals surface area contributed by atoms with Gasteiger partial charge in [0.2, 0.25) is 0 Å². The van der Waals surface area contributed by atoms with Gasteiger partial charge in [-0.1, -0.05) is 0 Å². The van der Waals surface area contributed by atoms with Crippen molar-refractivity contribution < 1.29 is 17.9 Å². The minimum atomic E-state index is -4.85. The van der Waals surface area contributed by atoms with Gasteiger partial charge >= 0.3 is 6.36 Å². The molecule has 1 heterocycles.